The van der Waals surface area contributed by atoms with Crippen LogP contribution in [0.2, 0.25) is 0 Å². The Morgan fingerprint density at radius 3 is 2.70 bits per heavy atom. The molecule has 33 heavy (non-hydrogen) atoms. The van der Waals surface area contributed by atoms with Gasteiger partial charge in [-0.3, -0.25) is 9.78 Å². The van der Waals surface area contributed by atoms with Gasteiger partial charge in [0.1, 0.15) is 12.2 Å². The minimum Gasteiger partial charge on any atom is -0.462 e. The van der Waals surface area contributed by atoms with Crippen LogP contribution in [0.15, 0.2) is 42.6 Å². The zero-order valence-corrected chi connectivity index (χ0v) is 18.9. The number of alkyl halides is 2. The molecule has 1 aliphatic heterocycles. The third kappa shape index (κ3) is 3.72. The Labute approximate surface area is 192 Å². The van der Waals surface area contributed by atoms with Crippen molar-refractivity contribution >= 4 is 12.0 Å². The number of pyridine rings is 1. The lowest BCUT2D eigenvalue weighted by atomic mass is 9.56. The van der Waals surface area contributed by atoms with Gasteiger partial charge in [-0.15, -0.1) is 0 Å². The van der Waals surface area contributed by atoms with Crippen molar-refractivity contribution in [1.82, 2.24) is 4.98 Å². The Morgan fingerprint density at radius 1 is 1.30 bits per heavy atom. The van der Waals surface area contributed by atoms with Crippen molar-refractivity contribution in [3.8, 4) is 17.2 Å². The summed E-state index contributed by atoms with van der Waals surface area (Å²) < 4.78 is 35.3. The molecule has 5 atom stereocenters. The number of ether oxygens (including phenoxy) is 1. The van der Waals surface area contributed by atoms with Crippen molar-refractivity contribution < 1.29 is 18.3 Å². The SMILES string of the molecule is Cc1cccc(-c2ccc(/C=C/[C@@H]3[C@@H]4[C@@H](C)OC(=O)[C@]4(CN)CC(F)(F)[C@H]3C)nc2)c1C#N. The molecule has 2 fully saturated rings. The highest BCUT2D eigenvalue weighted by Gasteiger charge is 2.67. The Hall–Kier alpha value is -3.11. The summed E-state index contributed by atoms with van der Waals surface area (Å²) in [6.45, 7) is 4.98. The van der Waals surface area contributed by atoms with Gasteiger partial charge in [0, 0.05) is 42.1 Å². The van der Waals surface area contributed by atoms with Crippen molar-refractivity contribution in [2.24, 2.45) is 28.9 Å². The maximum atomic E-state index is 14.9. The number of nitrogens with zero attached hydrogens (tertiary/aromatic N) is 2. The lowest BCUT2D eigenvalue weighted by Gasteiger charge is -2.47. The van der Waals surface area contributed by atoms with E-state index in [1.807, 2.05) is 31.2 Å². The molecule has 7 heteroatoms. The molecule has 1 aromatic carbocycles. The summed E-state index contributed by atoms with van der Waals surface area (Å²) in [5.74, 6) is -5.65. The largest absolute Gasteiger partial charge is 0.462 e. The molecule has 4 rings (SSSR count). The fourth-order valence-corrected chi connectivity index (χ4v) is 5.50. The molecular formula is C26H27F2N3O2. The van der Waals surface area contributed by atoms with Crippen molar-refractivity contribution in [2.45, 2.75) is 39.2 Å². The molecule has 1 saturated heterocycles. The van der Waals surface area contributed by atoms with E-state index in [-0.39, 0.29) is 6.54 Å². The van der Waals surface area contributed by atoms with E-state index >= 15 is 0 Å². The molecule has 0 bridgehead atoms. The van der Waals surface area contributed by atoms with E-state index in [9.17, 15) is 18.8 Å². The van der Waals surface area contributed by atoms with Crippen LogP contribution in [-0.4, -0.2) is 29.5 Å². The first-order valence-electron chi connectivity index (χ1n) is 11.1. The van der Waals surface area contributed by atoms with E-state index in [0.29, 0.717) is 11.3 Å². The fourth-order valence-electron chi connectivity index (χ4n) is 5.50. The van der Waals surface area contributed by atoms with Gasteiger partial charge in [0.05, 0.1) is 16.7 Å². The number of nitriles is 1. The topological polar surface area (TPSA) is 89.0 Å². The first kappa shape index (κ1) is 23.1. The van der Waals surface area contributed by atoms with Crippen molar-refractivity contribution in [1.29, 1.82) is 5.26 Å². The van der Waals surface area contributed by atoms with Crippen LogP contribution in [0.4, 0.5) is 8.78 Å². The van der Waals surface area contributed by atoms with Gasteiger partial charge >= 0.3 is 5.97 Å². The number of rotatable bonds is 4. The molecule has 2 aromatic rings. The molecule has 2 N–H and O–H groups in total. The predicted octanol–water partition coefficient (Wildman–Crippen LogP) is 4.74. The third-order valence-electron chi connectivity index (χ3n) is 7.39. The Kier molecular flexibility index (Phi) is 5.83. The molecule has 0 spiro atoms. The second-order valence-electron chi connectivity index (χ2n) is 9.24. The lowest BCUT2D eigenvalue weighted by Crippen LogP contribution is -2.56. The number of hydrogen-bond donors (Lipinski definition) is 1. The Bertz CT molecular complexity index is 1140. The molecule has 2 heterocycles. The number of halogens is 2. The standard InChI is InChI=1S/C26H27F2N3O2/c1-15-5-4-6-21(22(15)11-29)18-7-8-19(31-12-18)9-10-20-16(2)26(27,28)13-25(14-30)23(20)17(3)33-24(25)32/h4-10,12,16-17,20,23H,13-14,30H2,1-3H3/b10-9+/t16-,17+,20-,23-,25-/m0/s1. The highest BCUT2D eigenvalue weighted by molar-refractivity contribution is 5.81. The number of aryl methyl sites for hydroxylation is 1. The van der Waals surface area contributed by atoms with E-state index in [0.717, 1.165) is 16.7 Å². The normalized spacial score (nSPS) is 30.6. The molecule has 0 radical (unpaired) electrons. The van der Waals surface area contributed by atoms with Gasteiger partial charge in [-0.25, -0.2) is 8.78 Å². The number of nitrogens with two attached hydrogens (primary N) is 1. The minimum atomic E-state index is -3.04. The number of benzene rings is 1. The number of hydrogen-bond acceptors (Lipinski definition) is 5. The average Bonchev–Trinajstić information content (AvgIpc) is 3.03. The maximum Gasteiger partial charge on any atom is 0.314 e. The summed E-state index contributed by atoms with van der Waals surface area (Å²) in [6, 6.07) is 11.5. The first-order valence-corrected chi connectivity index (χ1v) is 11.1. The number of carbonyl (C=O) groups excluding carboxylic acids is 1. The zero-order chi connectivity index (χ0) is 24.0. The van der Waals surface area contributed by atoms with Gasteiger partial charge in [-0.2, -0.15) is 5.26 Å². The molecule has 172 valence electrons. The third-order valence-corrected chi connectivity index (χ3v) is 7.39. The van der Waals surface area contributed by atoms with E-state index < -0.39 is 47.6 Å². The van der Waals surface area contributed by atoms with Crippen LogP contribution in [0.5, 0.6) is 0 Å². The van der Waals surface area contributed by atoms with E-state index in [1.165, 1.54) is 6.92 Å². The molecule has 0 amide bonds. The van der Waals surface area contributed by atoms with E-state index in [2.05, 4.69) is 11.1 Å². The van der Waals surface area contributed by atoms with Gasteiger partial charge in [0.15, 0.2) is 0 Å². The highest BCUT2D eigenvalue weighted by Crippen LogP contribution is 2.58. The van der Waals surface area contributed by atoms with Gasteiger partial charge in [0.2, 0.25) is 0 Å². The van der Waals surface area contributed by atoms with Crippen molar-refractivity contribution in [3.05, 3.63) is 59.4 Å². The molecule has 1 aliphatic carbocycles. The average molecular weight is 452 g/mol. The second-order valence-corrected chi connectivity index (χ2v) is 9.24. The number of aromatic nitrogens is 1. The Morgan fingerprint density at radius 2 is 2.06 bits per heavy atom. The van der Waals surface area contributed by atoms with Gasteiger partial charge in [0.25, 0.3) is 5.92 Å². The summed E-state index contributed by atoms with van der Waals surface area (Å²) >= 11 is 0. The summed E-state index contributed by atoms with van der Waals surface area (Å²) in [5.41, 5.74) is 8.18. The zero-order valence-electron chi connectivity index (χ0n) is 18.9. The smallest absolute Gasteiger partial charge is 0.314 e. The number of cyclic esters (lactones) is 1. The quantitative estimate of drug-likeness (QED) is 0.679. The van der Waals surface area contributed by atoms with Gasteiger partial charge in [-0.1, -0.05) is 37.3 Å². The van der Waals surface area contributed by atoms with Crippen LogP contribution in [0, 0.1) is 41.4 Å². The van der Waals surface area contributed by atoms with Crippen LogP contribution in [-0.2, 0) is 9.53 Å². The van der Waals surface area contributed by atoms with Crippen molar-refractivity contribution in [3.63, 3.8) is 0 Å². The molecule has 5 nitrogen and oxygen atoms in total. The van der Waals surface area contributed by atoms with E-state index in [1.54, 1.807) is 31.3 Å². The summed E-state index contributed by atoms with van der Waals surface area (Å²) in [4.78, 5) is 17.0. The van der Waals surface area contributed by atoms with Crippen LogP contribution in [0.3, 0.4) is 0 Å². The summed E-state index contributed by atoms with van der Waals surface area (Å²) in [7, 11) is 0. The molecule has 2 aliphatic rings. The number of carbonyl (C=O) groups is 1. The highest BCUT2D eigenvalue weighted by atomic mass is 19.3. The van der Waals surface area contributed by atoms with Gasteiger partial charge in [-0.05, 0) is 37.5 Å². The number of fused-ring (bicyclic) bond motifs is 1. The number of allylic oxidation sites excluding steroid dienone is 1. The summed E-state index contributed by atoms with van der Waals surface area (Å²) in [6.07, 6.45) is 4.03. The second kappa shape index (κ2) is 8.35. The molecule has 0 unspecified atom stereocenters. The lowest BCUT2D eigenvalue weighted by molar-refractivity contribution is -0.169. The van der Waals surface area contributed by atoms with Crippen LogP contribution >= 0.6 is 0 Å². The number of esters is 1. The summed E-state index contributed by atoms with van der Waals surface area (Å²) in [5, 5.41) is 9.48. The molecule has 1 saturated carbocycles. The van der Waals surface area contributed by atoms with Crippen LogP contribution in [0.1, 0.15) is 37.1 Å². The molecule has 1 aromatic heterocycles. The minimum absolute atomic E-state index is 0.168. The van der Waals surface area contributed by atoms with Crippen molar-refractivity contribution in [2.75, 3.05) is 6.54 Å². The van der Waals surface area contributed by atoms with Gasteiger partial charge < -0.3 is 10.5 Å². The van der Waals surface area contributed by atoms with Crippen LogP contribution in [0.25, 0.3) is 17.2 Å². The monoisotopic (exact) mass is 451 g/mol. The van der Waals surface area contributed by atoms with E-state index in [4.69, 9.17) is 10.5 Å². The maximum absolute atomic E-state index is 14.9. The first-order chi connectivity index (χ1) is 15.6. The predicted molar refractivity (Wildman–Crippen MR) is 121 cm³/mol. The molecular weight excluding hydrogens is 424 g/mol. The van der Waals surface area contributed by atoms with Crippen LogP contribution < -0.4 is 5.73 Å². The Balaban J connectivity index is 1.65. The fraction of sp³-hybridized carbons (Fsp3) is 0.423.